The quantitative estimate of drug-likeness (QED) is 0.422. The van der Waals surface area contributed by atoms with E-state index in [1.165, 1.54) is 0 Å². The second-order valence-corrected chi connectivity index (χ2v) is 4.31. The van der Waals surface area contributed by atoms with Gasteiger partial charge in [-0.15, -0.1) is 0 Å². The van der Waals surface area contributed by atoms with Crippen molar-refractivity contribution >= 4 is 11.8 Å². The van der Waals surface area contributed by atoms with E-state index < -0.39 is 0 Å². The van der Waals surface area contributed by atoms with Gasteiger partial charge >= 0.3 is 5.97 Å². The van der Waals surface area contributed by atoms with Gasteiger partial charge in [-0.25, -0.2) is 0 Å². The van der Waals surface area contributed by atoms with E-state index in [0.717, 1.165) is 18.4 Å². The lowest BCUT2D eigenvalue weighted by Gasteiger charge is -2.05. The lowest BCUT2D eigenvalue weighted by atomic mass is 10.0. The van der Waals surface area contributed by atoms with Crippen LogP contribution in [0.1, 0.15) is 48.5 Å². The standard InChI is InChI=1S/C15H20O3/c1-3-4-11-18-15(17)10-9-14(16)13-8-6-5-7-12(13)2/h5-8H,3-4,9-11H2,1-2H3. The summed E-state index contributed by atoms with van der Waals surface area (Å²) in [6.45, 7) is 4.39. The van der Waals surface area contributed by atoms with Crippen LogP contribution in [-0.2, 0) is 9.53 Å². The van der Waals surface area contributed by atoms with Crippen molar-refractivity contribution in [3.8, 4) is 0 Å². The molecule has 0 aromatic heterocycles. The van der Waals surface area contributed by atoms with Gasteiger partial charge in [-0.3, -0.25) is 9.59 Å². The first-order valence-corrected chi connectivity index (χ1v) is 6.39. The number of ketones is 1. The monoisotopic (exact) mass is 248 g/mol. The molecule has 0 atom stereocenters. The van der Waals surface area contributed by atoms with Crippen LogP contribution in [0.5, 0.6) is 0 Å². The van der Waals surface area contributed by atoms with E-state index in [0.29, 0.717) is 12.2 Å². The van der Waals surface area contributed by atoms with E-state index in [1.54, 1.807) is 6.07 Å². The van der Waals surface area contributed by atoms with Crippen LogP contribution in [0.4, 0.5) is 0 Å². The number of benzene rings is 1. The van der Waals surface area contributed by atoms with E-state index >= 15 is 0 Å². The summed E-state index contributed by atoms with van der Waals surface area (Å²) in [4.78, 5) is 23.3. The molecule has 0 heterocycles. The summed E-state index contributed by atoms with van der Waals surface area (Å²) < 4.78 is 5.01. The largest absolute Gasteiger partial charge is 0.466 e. The lowest BCUT2D eigenvalue weighted by Crippen LogP contribution is -2.09. The fourth-order valence-electron chi connectivity index (χ4n) is 1.64. The molecule has 98 valence electrons. The Balaban J connectivity index is 2.38. The molecule has 0 aliphatic carbocycles. The maximum Gasteiger partial charge on any atom is 0.306 e. The summed E-state index contributed by atoms with van der Waals surface area (Å²) in [6, 6.07) is 7.41. The van der Waals surface area contributed by atoms with Gasteiger partial charge in [-0.2, -0.15) is 0 Å². The second-order valence-electron chi connectivity index (χ2n) is 4.31. The normalized spacial score (nSPS) is 10.1. The van der Waals surface area contributed by atoms with Crippen LogP contribution in [-0.4, -0.2) is 18.4 Å². The van der Waals surface area contributed by atoms with Crippen molar-refractivity contribution in [2.24, 2.45) is 0 Å². The van der Waals surface area contributed by atoms with Gasteiger partial charge in [0.15, 0.2) is 5.78 Å². The van der Waals surface area contributed by atoms with Gasteiger partial charge in [0.25, 0.3) is 0 Å². The minimum atomic E-state index is -0.287. The first kappa shape index (κ1) is 14.4. The number of hydrogen-bond donors (Lipinski definition) is 0. The molecule has 0 radical (unpaired) electrons. The summed E-state index contributed by atoms with van der Waals surface area (Å²) in [5.41, 5.74) is 1.64. The molecule has 18 heavy (non-hydrogen) atoms. The van der Waals surface area contributed by atoms with Gasteiger partial charge in [0.05, 0.1) is 13.0 Å². The molecular weight excluding hydrogens is 228 g/mol. The number of ether oxygens (including phenoxy) is 1. The predicted molar refractivity (Wildman–Crippen MR) is 70.6 cm³/mol. The van der Waals surface area contributed by atoms with Crippen LogP contribution in [0.15, 0.2) is 24.3 Å². The zero-order chi connectivity index (χ0) is 13.4. The fraction of sp³-hybridized carbons (Fsp3) is 0.467. The van der Waals surface area contributed by atoms with Crippen LogP contribution < -0.4 is 0 Å². The molecule has 0 spiro atoms. The average Bonchev–Trinajstić information content (AvgIpc) is 2.37. The number of Topliss-reactive ketones (excluding diaryl/α,β-unsaturated/α-hetero) is 1. The highest BCUT2D eigenvalue weighted by Crippen LogP contribution is 2.11. The SMILES string of the molecule is CCCCOC(=O)CCC(=O)c1ccccc1C. The van der Waals surface area contributed by atoms with Crippen LogP contribution in [0.2, 0.25) is 0 Å². The number of carbonyl (C=O) groups is 2. The van der Waals surface area contributed by atoms with Crippen molar-refractivity contribution in [2.45, 2.75) is 39.5 Å². The van der Waals surface area contributed by atoms with Gasteiger partial charge in [-0.1, -0.05) is 37.6 Å². The number of carbonyl (C=O) groups excluding carboxylic acids is 2. The third kappa shape index (κ3) is 4.70. The van der Waals surface area contributed by atoms with Crippen molar-refractivity contribution < 1.29 is 14.3 Å². The van der Waals surface area contributed by atoms with E-state index in [2.05, 4.69) is 0 Å². The van der Waals surface area contributed by atoms with Crippen molar-refractivity contribution in [3.63, 3.8) is 0 Å². The van der Waals surface area contributed by atoms with E-state index in [1.807, 2.05) is 32.0 Å². The summed E-state index contributed by atoms with van der Waals surface area (Å²) in [5, 5.41) is 0. The Bertz CT molecular complexity index is 410. The minimum absolute atomic E-state index is 0.000501. The molecule has 0 aliphatic rings. The maximum absolute atomic E-state index is 11.9. The molecule has 0 saturated heterocycles. The summed E-state index contributed by atoms with van der Waals surface area (Å²) in [7, 11) is 0. The summed E-state index contributed by atoms with van der Waals surface area (Å²) in [5.74, 6) is -0.286. The molecule has 3 nitrogen and oxygen atoms in total. The number of aryl methyl sites for hydroxylation is 1. The van der Waals surface area contributed by atoms with Crippen LogP contribution in [0.3, 0.4) is 0 Å². The lowest BCUT2D eigenvalue weighted by molar-refractivity contribution is -0.143. The van der Waals surface area contributed by atoms with Crippen LogP contribution in [0.25, 0.3) is 0 Å². The molecule has 0 N–H and O–H groups in total. The Kier molecular flexibility index (Phi) is 6.12. The van der Waals surface area contributed by atoms with Gasteiger partial charge in [-0.05, 0) is 18.9 Å². The third-order valence-electron chi connectivity index (χ3n) is 2.76. The van der Waals surface area contributed by atoms with E-state index in [-0.39, 0.29) is 24.6 Å². The number of rotatable bonds is 7. The van der Waals surface area contributed by atoms with Crippen molar-refractivity contribution in [2.75, 3.05) is 6.61 Å². The van der Waals surface area contributed by atoms with Crippen molar-refractivity contribution in [1.82, 2.24) is 0 Å². The molecule has 0 fully saturated rings. The zero-order valence-corrected chi connectivity index (χ0v) is 11.1. The van der Waals surface area contributed by atoms with E-state index in [9.17, 15) is 9.59 Å². The maximum atomic E-state index is 11.9. The summed E-state index contributed by atoms with van der Waals surface area (Å²) >= 11 is 0. The molecule has 0 saturated carbocycles. The first-order valence-electron chi connectivity index (χ1n) is 6.39. The molecule has 0 amide bonds. The molecule has 1 rings (SSSR count). The summed E-state index contributed by atoms with van der Waals surface area (Å²) in [6.07, 6.45) is 2.25. The van der Waals surface area contributed by atoms with Gasteiger partial charge < -0.3 is 4.74 Å². The van der Waals surface area contributed by atoms with Crippen LogP contribution >= 0.6 is 0 Å². The number of hydrogen-bond acceptors (Lipinski definition) is 3. The Morgan fingerprint density at radius 1 is 1.17 bits per heavy atom. The molecule has 0 aliphatic heterocycles. The minimum Gasteiger partial charge on any atom is -0.466 e. The molecule has 0 unspecified atom stereocenters. The Hall–Kier alpha value is -1.64. The molecule has 1 aromatic carbocycles. The fourth-order valence-corrected chi connectivity index (χ4v) is 1.64. The Morgan fingerprint density at radius 3 is 2.56 bits per heavy atom. The molecular formula is C15H20O3. The Morgan fingerprint density at radius 2 is 1.89 bits per heavy atom. The van der Waals surface area contributed by atoms with E-state index in [4.69, 9.17) is 4.74 Å². The van der Waals surface area contributed by atoms with Crippen molar-refractivity contribution in [3.05, 3.63) is 35.4 Å². The predicted octanol–water partition coefficient (Wildman–Crippen LogP) is 3.30. The van der Waals surface area contributed by atoms with Gasteiger partial charge in [0.1, 0.15) is 0 Å². The zero-order valence-electron chi connectivity index (χ0n) is 11.1. The first-order chi connectivity index (χ1) is 8.65. The number of unbranched alkanes of at least 4 members (excludes halogenated alkanes) is 1. The topological polar surface area (TPSA) is 43.4 Å². The average molecular weight is 248 g/mol. The van der Waals surface area contributed by atoms with Crippen molar-refractivity contribution in [1.29, 1.82) is 0 Å². The smallest absolute Gasteiger partial charge is 0.306 e. The van der Waals surface area contributed by atoms with Gasteiger partial charge in [0, 0.05) is 12.0 Å². The highest BCUT2D eigenvalue weighted by molar-refractivity contribution is 5.98. The third-order valence-corrected chi connectivity index (χ3v) is 2.76. The van der Waals surface area contributed by atoms with Gasteiger partial charge in [0.2, 0.25) is 0 Å². The molecule has 3 heteroatoms. The second kappa shape index (κ2) is 7.64. The van der Waals surface area contributed by atoms with Crippen LogP contribution in [0, 0.1) is 6.92 Å². The molecule has 1 aromatic rings. The Labute approximate surface area is 108 Å². The highest BCUT2D eigenvalue weighted by atomic mass is 16.5. The molecule has 0 bridgehead atoms. The highest BCUT2D eigenvalue weighted by Gasteiger charge is 2.11. The number of esters is 1.